The van der Waals surface area contributed by atoms with Crippen molar-refractivity contribution in [3.8, 4) is 0 Å². The van der Waals surface area contributed by atoms with E-state index in [9.17, 15) is 30.0 Å². The topological polar surface area (TPSA) is 90.4 Å². The molecule has 0 amide bonds. The predicted octanol–water partition coefficient (Wildman–Crippen LogP) is 4.30. The maximum Gasteiger partial charge on any atom is 0.263 e. The van der Waals surface area contributed by atoms with E-state index in [0.717, 1.165) is 18.5 Å². The number of benzene rings is 1. The lowest BCUT2D eigenvalue weighted by Crippen LogP contribution is -2.42. The molecule has 1 fully saturated rings. The molecule has 12 heteroatoms. The van der Waals surface area contributed by atoms with Gasteiger partial charge >= 0.3 is 0 Å². The van der Waals surface area contributed by atoms with E-state index in [0.29, 0.717) is 12.1 Å². The molecule has 0 N–H and O–H groups in total. The lowest BCUT2D eigenvalue weighted by molar-refractivity contribution is -0.00217. The zero-order valence-electron chi connectivity index (χ0n) is 16.5. The van der Waals surface area contributed by atoms with Gasteiger partial charge in [-0.3, -0.25) is 4.98 Å². The fourth-order valence-electron chi connectivity index (χ4n) is 3.41. The van der Waals surface area contributed by atoms with Crippen LogP contribution < -0.4 is 0 Å². The van der Waals surface area contributed by atoms with Crippen LogP contribution in [0.2, 0.25) is 5.02 Å². The highest BCUT2D eigenvalue weighted by atomic mass is 35.5. The number of hydrogen-bond donors (Lipinski definition) is 0. The fourth-order valence-corrected chi connectivity index (χ4v) is 6.19. The standard InChI is InChI=1S/C19H19ClF3NO5S2/c1-19(31(27,28)13-6-11(18(22)23)5-12(21)7-13)3-4-29-16(9-19)17-15(20)8-14(10-24-17)30(2,25)26/h5-8,10,16,18H,3-4,9H2,1-2H3. The highest BCUT2D eigenvalue weighted by molar-refractivity contribution is 7.92. The molecule has 1 aromatic heterocycles. The summed E-state index contributed by atoms with van der Waals surface area (Å²) in [5, 5.41) is -0.0136. The Bertz CT molecular complexity index is 1220. The Morgan fingerprint density at radius 1 is 1.16 bits per heavy atom. The molecule has 1 aliphatic rings. The maximum absolute atomic E-state index is 13.8. The number of alkyl halides is 2. The third kappa shape index (κ3) is 4.74. The minimum Gasteiger partial charge on any atom is -0.372 e. The van der Waals surface area contributed by atoms with Crippen LogP contribution >= 0.6 is 11.6 Å². The van der Waals surface area contributed by atoms with Gasteiger partial charge in [-0.15, -0.1) is 0 Å². The molecule has 3 rings (SSSR count). The lowest BCUT2D eigenvalue weighted by atomic mass is 9.94. The summed E-state index contributed by atoms with van der Waals surface area (Å²) in [7, 11) is -7.80. The van der Waals surface area contributed by atoms with Crippen molar-refractivity contribution in [1.82, 2.24) is 4.98 Å². The van der Waals surface area contributed by atoms with E-state index in [4.69, 9.17) is 16.3 Å². The van der Waals surface area contributed by atoms with Gasteiger partial charge in [0.05, 0.1) is 25.3 Å². The van der Waals surface area contributed by atoms with Gasteiger partial charge in [-0.25, -0.2) is 30.0 Å². The summed E-state index contributed by atoms with van der Waals surface area (Å²) in [6, 6.07) is 3.27. The van der Waals surface area contributed by atoms with Gasteiger partial charge < -0.3 is 4.74 Å². The number of aromatic nitrogens is 1. The third-order valence-electron chi connectivity index (χ3n) is 5.25. The normalized spacial score (nSPS) is 22.6. The summed E-state index contributed by atoms with van der Waals surface area (Å²) in [5.74, 6) is -1.08. The van der Waals surface area contributed by atoms with Gasteiger partial charge in [0.15, 0.2) is 19.7 Å². The molecule has 170 valence electrons. The van der Waals surface area contributed by atoms with Gasteiger partial charge in [-0.05, 0) is 44.0 Å². The van der Waals surface area contributed by atoms with E-state index < -0.39 is 53.2 Å². The molecule has 6 nitrogen and oxygen atoms in total. The Kier molecular flexibility index (Phi) is 6.45. The molecule has 0 spiro atoms. The van der Waals surface area contributed by atoms with Crippen LogP contribution in [-0.2, 0) is 24.4 Å². The largest absolute Gasteiger partial charge is 0.372 e. The molecular formula is C19H19ClF3NO5S2. The molecular weight excluding hydrogens is 479 g/mol. The van der Waals surface area contributed by atoms with Crippen molar-refractivity contribution in [2.24, 2.45) is 0 Å². The van der Waals surface area contributed by atoms with Crippen LogP contribution in [0.1, 0.15) is 43.6 Å². The van der Waals surface area contributed by atoms with Crippen LogP contribution in [0, 0.1) is 5.82 Å². The van der Waals surface area contributed by atoms with Crippen molar-refractivity contribution in [3.63, 3.8) is 0 Å². The Morgan fingerprint density at radius 2 is 1.84 bits per heavy atom. The maximum atomic E-state index is 13.8. The molecule has 0 aliphatic carbocycles. The first-order chi connectivity index (χ1) is 14.2. The van der Waals surface area contributed by atoms with Gasteiger partial charge in [-0.1, -0.05) is 11.6 Å². The first kappa shape index (κ1) is 24.0. The van der Waals surface area contributed by atoms with E-state index in [1.807, 2.05) is 0 Å². The quantitative estimate of drug-likeness (QED) is 0.611. The summed E-state index contributed by atoms with van der Waals surface area (Å²) in [4.78, 5) is 3.40. The van der Waals surface area contributed by atoms with Crippen molar-refractivity contribution in [1.29, 1.82) is 0 Å². The second kappa shape index (κ2) is 8.34. The van der Waals surface area contributed by atoms with E-state index >= 15 is 0 Å². The highest BCUT2D eigenvalue weighted by Gasteiger charge is 2.46. The molecule has 31 heavy (non-hydrogen) atoms. The number of nitrogens with zero attached hydrogens (tertiary/aromatic N) is 1. The van der Waals surface area contributed by atoms with Crippen molar-refractivity contribution in [3.05, 3.63) is 52.6 Å². The minimum absolute atomic E-state index is 0.0107. The van der Waals surface area contributed by atoms with Crippen molar-refractivity contribution < 1.29 is 34.7 Å². The smallest absolute Gasteiger partial charge is 0.263 e. The van der Waals surface area contributed by atoms with Crippen molar-refractivity contribution in [2.45, 2.75) is 46.8 Å². The van der Waals surface area contributed by atoms with Crippen LogP contribution in [0.25, 0.3) is 0 Å². The number of ether oxygens (including phenoxy) is 1. The van der Waals surface area contributed by atoms with Crippen LogP contribution in [0.3, 0.4) is 0 Å². The molecule has 1 aliphatic heterocycles. The molecule has 0 bridgehead atoms. The monoisotopic (exact) mass is 497 g/mol. The summed E-state index contributed by atoms with van der Waals surface area (Å²) in [6.45, 7) is 1.41. The Balaban J connectivity index is 1.98. The Labute approximate surface area is 183 Å². The molecule has 1 aromatic carbocycles. The van der Waals surface area contributed by atoms with Crippen LogP contribution in [0.4, 0.5) is 13.2 Å². The molecule has 2 heterocycles. The summed E-state index contributed by atoms with van der Waals surface area (Å²) < 4.78 is 94.0. The van der Waals surface area contributed by atoms with Crippen molar-refractivity contribution in [2.75, 3.05) is 12.9 Å². The second-order valence-electron chi connectivity index (χ2n) is 7.60. The number of halogens is 4. The van der Waals surface area contributed by atoms with E-state index in [1.54, 1.807) is 0 Å². The Morgan fingerprint density at radius 3 is 2.42 bits per heavy atom. The number of sulfone groups is 2. The van der Waals surface area contributed by atoms with Gasteiger partial charge in [0.25, 0.3) is 6.43 Å². The Hall–Kier alpha value is -1.69. The second-order valence-corrected chi connectivity index (χ2v) is 12.5. The van der Waals surface area contributed by atoms with E-state index in [2.05, 4.69) is 4.98 Å². The average Bonchev–Trinajstić information content (AvgIpc) is 2.66. The van der Waals surface area contributed by atoms with Crippen LogP contribution in [0.5, 0.6) is 0 Å². The molecule has 2 aromatic rings. The van der Waals surface area contributed by atoms with Crippen molar-refractivity contribution >= 4 is 31.3 Å². The van der Waals surface area contributed by atoms with Crippen LogP contribution in [0.15, 0.2) is 40.3 Å². The van der Waals surface area contributed by atoms with E-state index in [-0.39, 0.29) is 35.1 Å². The number of rotatable bonds is 5. The molecule has 2 unspecified atom stereocenters. The zero-order chi connectivity index (χ0) is 23.2. The number of hydrogen-bond acceptors (Lipinski definition) is 6. The third-order valence-corrected chi connectivity index (χ3v) is 9.16. The SMILES string of the molecule is CC1(S(=O)(=O)c2cc(F)cc(C(F)F)c2)CCOC(c2ncc(S(C)(=O)=O)cc2Cl)C1. The minimum atomic E-state index is -4.25. The lowest BCUT2D eigenvalue weighted by Gasteiger charge is -2.37. The summed E-state index contributed by atoms with van der Waals surface area (Å²) in [6.07, 6.45) is -1.93. The van der Waals surface area contributed by atoms with Gasteiger partial charge in [0, 0.05) is 24.6 Å². The average molecular weight is 498 g/mol. The van der Waals surface area contributed by atoms with E-state index in [1.165, 1.54) is 13.0 Å². The first-order valence-corrected chi connectivity index (χ1v) is 12.8. The molecule has 0 radical (unpaired) electrons. The summed E-state index contributed by atoms with van der Waals surface area (Å²) in [5.41, 5.74) is -0.574. The van der Waals surface area contributed by atoms with Gasteiger partial charge in [0.1, 0.15) is 11.9 Å². The highest BCUT2D eigenvalue weighted by Crippen LogP contribution is 2.43. The first-order valence-electron chi connectivity index (χ1n) is 9.05. The zero-order valence-corrected chi connectivity index (χ0v) is 18.9. The predicted molar refractivity (Wildman–Crippen MR) is 107 cm³/mol. The van der Waals surface area contributed by atoms with Crippen LogP contribution in [-0.4, -0.2) is 39.4 Å². The molecule has 1 saturated heterocycles. The van der Waals surface area contributed by atoms with Gasteiger partial charge in [0.2, 0.25) is 0 Å². The number of pyridine rings is 1. The summed E-state index contributed by atoms with van der Waals surface area (Å²) >= 11 is 6.18. The van der Waals surface area contributed by atoms with Gasteiger partial charge in [-0.2, -0.15) is 0 Å². The fraction of sp³-hybridized carbons (Fsp3) is 0.421. The molecule has 0 saturated carbocycles. The molecule has 2 atom stereocenters.